The van der Waals surface area contributed by atoms with E-state index in [2.05, 4.69) is 10.2 Å². The zero-order valence-electron chi connectivity index (χ0n) is 12.5. The van der Waals surface area contributed by atoms with Crippen molar-refractivity contribution in [2.75, 3.05) is 27.7 Å². The molecule has 0 aliphatic rings. The van der Waals surface area contributed by atoms with Gasteiger partial charge in [0.05, 0.1) is 18.0 Å². The van der Waals surface area contributed by atoms with E-state index in [1.165, 1.54) is 11.3 Å². The highest BCUT2D eigenvalue weighted by molar-refractivity contribution is 7.12. The van der Waals surface area contributed by atoms with Gasteiger partial charge in [-0.3, -0.25) is 4.79 Å². The van der Waals surface area contributed by atoms with E-state index >= 15 is 0 Å². The molecule has 0 spiro atoms. The highest BCUT2D eigenvalue weighted by atomic mass is 32.1. The number of ether oxygens (including phenoxy) is 1. The molecule has 4 nitrogen and oxygen atoms in total. The van der Waals surface area contributed by atoms with Crippen molar-refractivity contribution < 1.29 is 9.53 Å². The lowest BCUT2D eigenvalue weighted by Gasteiger charge is -2.26. The van der Waals surface area contributed by atoms with Crippen molar-refractivity contribution in [2.24, 2.45) is 0 Å². The number of carbonyl (C=O) groups is 1. The lowest BCUT2D eigenvalue weighted by molar-refractivity contribution is 0.0945. The van der Waals surface area contributed by atoms with E-state index in [1.54, 1.807) is 7.11 Å². The minimum Gasteiger partial charge on any atom is -0.496 e. The molecule has 0 unspecified atom stereocenters. The molecule has 1 aromatic carbocycles. The number of para-hydroxylation sites is 1. The van der Waals surface area contributed by atoms with Crippen molar-refractivity contribution in [3.05, 3.63) is 52.2 Å². The highest BCUT2D eigenvalue weighted by Gasteiger charge is 2.19. The summed E-state index contributed by atoms with van der Waals surface area (Å²) in [5, 5.41) is 4.89. The number of nitrogens with zero attached hydrogens (tertiary/aromatic N) is 1. The first-order chi connectivity index (χ1) is 10.1. The zero-order valence-corrected chi connectivity index (χ0v) is 13.3. The average Bonchev–Trinajstić information content (AvgIpc) is 3.01. The molecule has 1 atom stereocenters. The van der Waals surface area contributed by atoms with E-state index in [9.17, 15) is 4.79 Å². The predicted molar refractivity (Wildman–Crippen MR) is 86.1 cm³/mol. The molecule has 0 fully saturated rings. The Bertz CT molecular complexity index is 582. The van der Waals surface area contributed by atoms with Crippen LogP contribution in [0.2, 0.25) is 0 Å². The lowest BCUT2D eigenvalue weighted by Crippen LogP contribution is -2.34. The molecule has 2 aromatic rings. The summed E-state index contributed by atoms with van der Waals surface area (Å²) in [4.78, 5) is 14.9. The summed E-state index contributed by atoms with van der Waals surface area (Å²) in [6.07, 6.45) is 0. The van der Waals surface area contributed by atoms with Gasteiger partial charge < -0.3 is 15.0 Å². The second-order valence-electron chi connectivity index (χ2n) is 4.91. The molecule has 1 heterocycles. The molecule has 1 N–H and O–H groups in total. The first-order valence-corrected chi connectivity index (χ1v) is 7.62. The number of likely N-dealkylation sites (N-methyl/N-ethyl adjacent to an activating group) is 1. The van der Waals surface area contributed by atoms with Crippen molar-refractivity contribution in [3.63, 3.8) is 0 Å². The monoisotopic (exact) mass is 304 g/mol. The van der Waals surface area contributed by atoms with Gasteiger partial charge in [0.25, 0.3) is 5.91 Å². The van der Waals surface area contributed by atoms with Crippen molar-refractivity contribution in [1.29, 1.82) is 0 Å². The maximum absolute atomic E-state index is 12.1. The van der Waals surface area contributed by atoms with Gasteiger partial charge >= 0.3 is 0 Å². The fraction of sp³-hybridized carbons (Fsp3) is 0.312. The summed E-state index contributed by atoms with van der Waals surface area (Å²) in [6.45, 7) is 0.532. The summed E-state index contributed by atoms with van der Waals surface area (Å²) in [6, 6.07) is 11.7. The third-order valence-electron chi connectivity index (χ3n) is 3.32. The maximum Gasteiger partial charge on any atom is 0.261 e. The molecule has 0 radical (unpaired) electrons. The molecular formula is C16H20N2O2S. The summed E-state index contributed by atoms with van der Waals surface area (Å²) in [5.41, 5.74) is 1.07. The number of thiophene rings is 1. The van der Waals surface area contributed by atoms with Gasteiger partial charge in [-0.25, -0.2) is 0 Å². The van der Waals surface area contributed by atoms with E-state index in [0.29, 0.717) is 6.54 Å². The van der Waals surface area contributed by atoms with Crippen molar-refractivity contribution in [1.82, 2.24) is 10.2 Å². The van der Waals surface area contributed by atoms with Crippen LogP contribution in [0.4, 0.5) is 0 Å². The SMILES string of the molecule is COc1ccccc1[C@H](CNC(=O)c1cccs1)N(C)C. The first kappa shape index (κ1) is 15.5. The highest BCUT2D eigenvalue weighted by Crippen LogP contribution is 2.27. The number of carbonyl (C=O) groups excluding carboxylic acids is 1. The van der Waals surface area contributed by atoms with Crippen LogP contribution in [0.1, 0.15) is 21.3 Å². The fourth-order valence-electron chi connectivity index (χ4n) is 2.20. The van der Waals surface area contributed by atoms with Gasteiger partial charge in [-0.2, -0.15) is 0 Å². The van der Waals surface area contributed by atoms with Gasteiger partial charge in [0.15, 0.2) is 0 Å². The van der Waals surface area contributed by atoms with Crippen LogP contribution < -0.4 is 10.1 Å². The standard InChI is InChI=1S/C16H20N2O2S/c1-18(2)13(12-7-4-5-8-14(12)20-3)11-17-16(19)15-9-6-10-21-15/h4-10,13H,11H2,1-3H3,(H,17,19)/t13-/m0/s1. The molecule has 112 valence electrons. The average molecular weight is 304 g/mol. The van der Waals surface area contributed by atoms with Crippen LogP contribution in [0.5, 0.6) is 5.75 Å². The van der Waals surface area contributed by atoms with Gasteiger partial charge in [0, 0.05) is 12.1 Å². The third-order valence-corrected chi connectivity index (χ3v) is 4.19. The topological polar surface area (TPSA) is 41.6 Å². The summed E-state index contributed by atoms with van der Waals surface area (Å²) >= 11 is 1.44. The number of nitrogens with one attached hydrogen (secondary N) is 1. The molecule has 0 aliphatic heterocycles. The zero-order chi connectivity index (χ0) is 15.2. The van der Waals surface area contributed by atoms with Crippen LogP contribution in [0, 0.1) is 0 Å². The molecule has 5 heteroatoms. The maximum atomic E-state index is 12.1. The van der Waals surface area contributed by atoms with Gasteiger partial charge in [-0.15, -0.1) is 11.3 Å². The molecule has 1 aromatic heterocycles. The van der Waals surface area contributed by atoms with Gasteiger partial charge in [0.2, 0.25) is 0 Å². The molecule has 0 bridgehead atoms. The number of methoxy groups -OCH3 is 1. The van der Waals surface area contributed by atoms with Crippen LogP contribution in [-0.4, -0.2) is 38.6 Å². The van der Waals surface area contributed by atoms with Crippen molar-refractivity contribution >= 4 is 17.2 Å². The van der Waals surface area contributed by atoms with Crippen LogP contribution in [0.3, 0.4) is 0 Å². The predicted octanol–water partition coefficient (Wildman–Crippen LogP) is 2.79. The molecular weight excluding hydrogens is 284 g/mol. The number of benzene rings is 1. The third kappa shape index (κ3) is 3.83. The Kier molecular flexibility index (Phi) is 5.36. The summed E-state index contributed by atoms with van der Waals surface area (Å²) in [5.74, 6) is 0.799. The van der Waals surface area contributed by atoms with Gasteiger partial charge in [-0.1, -0.05) is 24.3 Å². The number of hydrogen-bond acceptors (Lipinski definition) is 4. The molecule has 0 saturated heterocycles. The Balaban J connectivity index is 2.11. The smallest absolute Gasteiger partial charge is 0.261 e. The molecule has 2 rings (SSSR count). The second kappa shape index (κ2) is 7.24. The minimum atomic E-state index is -0.0354. The molecule has 0 saturated carbocycles. The Labute approximate surface area is 129 Å². The van der Waals surface area contributed by atoms with Crippen LogP contribution in [0.15, 0.2) is 41.8 Å². The van der Waals surface area contributed by atoms with E-state index < -0.39 is 0 Å². The number of rotatable bonds is 6. The summed E-state index contributed by atoms with van der Waals surface area (Å²) < 4.78 is 5.42. The Morgan fingerprint density at radius 1 is 1.29 bits per heavy atom. The Morgan fingerprint density at radius 2 is 2.05 bits per heavy atom. The number of hydrogen-bond donors (Lipinski definition) is 1. The first-order valence-electron chi connectivity index (χ1n) is 6.74. The molecule has 0 aliphatic carbocycles. The van der Waals surface area contributed by atoms with E-state index in [1.807, 2.05) is 55.9 Å². The number of amides is 1. The molecule has 21 heavy (non-hydrogen) atoms. The Hall–Kier alpha value is -1.85. The van der Waals surface area contributed by atoms with Gasteiger partial charge in [-0.05, 0) is 31.6 Å². The van der Waals surface area contributed by atoms with Crippen molar-refractivity contribution in [2.45, 2.75) is 6.04 Å². The Morgan fingerprint density at radius 3 is 2.67 bits per heavy atom. The quantitative estimate of drug-likeness (QED) is 0.892. The van der Waals surface area contributed by atoms with Crippen LogP contribution in [-0.2, 0) is 0 Å². The lowest BCUT2D eigenvalue weighted by atomic mass is 10.0. The van der Waals surface area contributed by atoms with Gasteiger partial charge in [0.1, 0.15) is 5.75 Å². The largest absolute Gasteiger partial charge is 0.496 e. The molecule has 1 amide bonds. The van der Waals surface area contributed by atoms with Crippen LogP contribution in [0.25, 0.3) is 0 Å². The van der Waals surface area contributed by atoms with E-state index in [4.69, 9.17) is 4.74 Å². The van der Waals surface area contributed by atoms with Crippen LogP contribution >= 0.6 is 11.3 Å². The summed E-state index contributed by atoms with van der Waals surface area (Å²) in [7, 11) is 5.65. The minimum absolute atomic E-state index is 0.0354. The second-order valence-corrected chi connectivity index (χ2v) is 5.86. The fourth-order valence-corrected chi connectivity index (χ4v) is 2.84. The van der Waals surface area contributed by atoms with Crippen molar-refractivity contribution in [3.8, 4) is 5.75 Å². The normalized spacial score (nSPS) is 12.2. The van der Waals surface area contributed by atoms with E-state index in [-0.39, 0.29) is 11.9 Å². The van der Waals surface area contributed by atoms with E-state index in [0.717, 1.165) is 16.2 Å².